The molecule has 1 amide bonds. The minimum Gasteiger partial charge on any atom is -0.381 e. The fourth-order valence-electron chi connectivity index (χ4n) is 4.68. The summed E-state index contributed by atoms with van der Waals surface area (Å²) in [6.07, 6.45) is -0.659. The highest BCUT2D eigenvalue weighted by molar-refractivity contribution is 5.80. The third-order valence-corrected chi connectivity index (χ3v) is 5.94. The number of rotatable bonds is 3. The average molecular weight is 319 g/mol. The molecule has 0 radical (unpaired) electrons. The van der Waals surface area contributed by atoms with Gasteiger partial charge in [0.15, 0.2) is 0 Å². The first-order chi connectivity index (χ1) is 10.4. The third kappa shape index (κ3) is 2.99. The van der Waals surface area contributed by atoms with Gasteiger partial charge in [-0.05, 0) is 50.9 Å². The van der Waals surface area contributed by atoms with Crippen molar-refractivity contribution in [3.63, 3.8) is 0 Å². The van der Waals surface area contributed by atoms with Gasteiger partial charge >= 0.3 is 6.18 Å². The maximum absolute atomic E-state index is 13.4. The largest absolute Gasteiger partial charge is 0.392 e. The Kier molecular flexibility index (Phi) is 4.40. The number of hydrogen-bond acceptors (Lipinski definition) is 2. The molecule has 22 heavy (non-hydrogen) atoms. The molecule has 0 aromatic rings. The zero-order chi connectivity index (χ0) is 15.9. The molecule has 6 heteroatoms. The number of nitrogens with one attached hydrogen (secondary N) is 1. The van der Waals surface area contributed by atoms with Gasteiger partial charge in [0.25, 0.3) is 0 Å². The maximum atomic E-state index is 13.4. The van der Waals surface area contributed by atoms with Crippen LogP contribution < -0.4 is 5.32 Å². The van der Waals surface area contributed by atoms with E-state index in [1.165, 1.54) is 0 Å². The molecule has 1 aliphatic heterocycles. The number of amides is 1. The van der Waals surface area contributed by atoms with Crippen LogP contribution in [0.15, 0.2) is 0 Å². The molecule has 4 rings (SSSR count). The minimum atomic E-state index is -4.27. The summed E-state index contributed by atoms with van der Waals surface area (Å²) in [5.74, 6) is -3.00. The number of alkyl halides is 3. The number of carbonyl (C=O) groups is 1. The Morgan fingerprint density at radius 1 is 1.14 bits per heavy atom. The predicted molar refractivity (Wildman–Crippen MR) is 75.0 cm³/mol. The lowest BCUT2D eigenvalue weighted by atomic mass is 9.58. The Balaban J connectivity index is 1.71. The lowest BCUT2D eigenvalue weighted by Gasteiger charge is -2.48. The van der Waals surface area contributed by atoms with Gasteiger partial charge in [0, 0.05) is 18.6 Å². The summed E-state index contributed by atoms with van der Waals surface area (Å²) >= 11 is 0. The van der Waals surface area contributed by atoms with Crippen molar-refractivity contribution in [3.05, 3.63) is 0 Å². The number of hydrogen-bond donors (Lipinski definition) is 1. The standard InChI is InChI=1S/C16H24F3NO2/c1-9(12-6-7-22-8-12)20-15(21)13-10-2-4-11(5-3-10)14(13)16(17,18)19/h9-14H,2-8H2,1H3,(H,20,21)/t9?,10?,11?,12?,13-,14-/m0/s1. The molecule has 2 bridgehead atoms. The summed E-state index contributed by atoms with van der Waals surface area (Å²) in [5.41, 5.74) is 0. The fraction of sp³-hybridized carbons (Fsp3) is 0.938. The van der Waals surface area contributed by atoms with Gasteiger partial charge in [0.1, 0.15) is 0 Å². The van der Waals surface area contributed by atoms with Gasteiger partial charge in [-0.15, -0.1) is 0 Å². The Hall–Kier alpha value is -0.780. The smallest absolute Gasteiger partial charge is 0.381 e. The third-order valence-electron chi connectivity index (χ3n) is 5.94. The van der Waals surface area contributed by atoms with Gasteiger partial charge in [-0.1, -0.05) is 0 Å². The van der Waals surface area contributed by atoms with Crippen molar-refractivity contribution >= 4 is 5.91 Å². The molecule has 4 atom stereocenters. The van der Waals surface area contributed by atoms with Crippen molar-refractivity contribution in [2.75, 3.05) is 13.2 Å². The Labute approximate surface area is 129 Å². The van der Waals surface area contributed by atoms with E-state index in [0.29, 0.717) is 26.1 Å². The monoisotopic (exact) mass is 319 g/mol. The van der Waals surface area contributed by atoms with Crippen LogP contribution in [0.2, 0.25) is 0 Å². The van der Waals surface area contributed by atoms with E-state index in [9.17, 15) is 18.0 Å². The van der Waals surface area contributed by atoms with Crippen LogP contribution in [0.1, 0.15) is 39.0 Å². The van der Waals surface area contributed by atoms with Crippen molar-refractivity contribution in [2.24, 2.45) is 29.6 Å². The highest BCUT2D eigenvalue weighted by atomic mass is 19.4. The number of ether oxygens (including phenoxy) is 1. The summed E-state index contributed by atoms with van der Waals surface area (Å²) in [4.78, 5) is 12.6. The second-order valence-corrected chi connectivity index (χ2v) is 7.19. The van der Waals surface area contributed by atoms with Crippen molar-refractivity contribution in [1.82, 2.24) is 5.32 Å². The molecule has 1 heterocycles. The number of fused-ring (bicyclic) bond motifs is 3. The van der Waals surface area contributed by atoms with E-state index in [1.807, 2.05) is 6.92 Å². The summed E-state index contributed by atoms with van der Waals surface area (Å²) in [6, 6.07) is -0.121. The zero-order valence-electron chi connectivity index (χ0n) is 12.9. The number of carbonyl (C=O) groups excluding carboxylic acids is 1. The average Bonchev–Trinajstić information content (AvgIpc) is 3.00. The number of halogens is 3. The molecule has 1 saturated heterocycles. The van der Waals surface area contributed by atoms with E-state index >= 15 is 0 Å². The van der Waals surface area contributed by atoms with Crippen molar-refractivity contribution in [3.8, 4) is 0 Å². The molecule has 1 N–H and O–H groups in total. The van der Waals surface area contributed by atoms with Crippen LogP contribution in [0.3, 0.4) is 0 Å². The van der Waals surface area contributed by atoms with Crippen LogP contribution >= 0.6 is 0 Å². The SMILES string of the molecule is CC(NC(=O)[C@H]1C2CCC(CC2)[C@@H]1C(F)(F)F)C1CCOC1. The Morgan fingerprint density at radius 2 is 1.77 bits per heavy atom. The first kappa shape index (κ1) is 16.1. The summed E-state index contributed by atoms with van der Waals surface area (Å²) in [6.45, 7) is 3.13. The molecule has 3 aliphatic carbocycles. The van der Waals surface area contributed by atoms with Crippen LogP contribution in [-0.4, -0.2) is 31.3 Å². The topological polar surface area (TPSA) is 38.3 Å². The zero-order valence-corrected chi connectivity index (χ0v) is 12.9. The van der Waals surface area contributed by atoms with Crippen molar-refractivity contribution in [1.29, 1.82) is 0 Å². The fourth-order valence-corrected chi connectivity index (χ4v) is 4.68. The van der Waals surface area contributed by atoms with E-state index in [1.54, 1.807) is 0 Å². The summed E-state index contributed by atoms with van der Waals surface area (Å²) in [5, 5.41) is 2.86. The van der Waals surface area contributed by atoms with Crippen molar-refractivity contribution in [2.45, 2.75) is 51.2 Å². The van der Waals surface area contributed by atoms with Gasteiger partial charge in [0.05, 0.1) is 18.4 Å². The molecule has 4 fully saturated rings. The Bertz CT molecular complexity index is 412. The van der Waals surface area contributed by atoms with E-state index < -0.39 is 23.9 Å². The molecule has 0 spiro atoms. The lowest BCUT2D eigenvalue weighted by Crippen LogP contribution is -2.54. The van der Waals surface area contributed by atoms with Gasteiger partial charge in [-0.25, -0.2) is 0 Å². The van der Waals surface area contributed by atoms with Gasteiger partial charge < -0.3 is 10.1 Å². The normalized spacial score (nSPS) is 39.7. The summed E-state index contributed by atoms with van der Waals surface area (Å²) < 4.78 is 45.6. The molecule has 126 valence electrons. The summed E-state index contributed by atoms with van der Waals surface area (Å²) in [7, 11) is 0. The highest BCUT2D eigenvalue weighted by Gasteiger charge is 2.58. The van der Waals surface area contributed by atoms with Crippen LogP contribution in [-0.2, 0) is 9.53 Å². The van der Waals surface area contributed by atoms with E-state index in [4.69, 9.17) is 4.74 Å². The molecule has 0 aromatic carbocycles. The highest BCUT2D eigenvalue weighted by Crippen LogP contribution is 2.54. The maximum Gasteiger partial charge on any atom is 0.392 e. The first-order valence-electron chi connectivity index (χ1n) is 8.32. The molecule has 2 unspecified atom stereocenters. The van der Waals surface area contributed by atoms with E-state index in [2.05, 4.69) is 5.32 Å². The minimum absolute atomic E-state index is 0.108. The quantitative estimate of drug-likeness (QED) is 0.868. The second-order valence-electron chi connectivity index (χ2n) is 7.19. The lowest BCUT2D eigenvalue weighted by molar-refractivity contribution is -0.229. The predicted octanol–water partition coefficient (Wildman–Crippen LogP) is 3.14. The van der Waals surface area contributed by atoms with Crippen LogP contribution in [0.5, 0.6) is 0 Å². The van der Waals surface area contributed by atoms with Gasteiger partial charge in [-0.3, -0.25) is 4.79 Å². The molecule has 3 saturated carbocycles. The first-order valence-corrected chi connectivity index (χ1v) is 8.32. The van der Waals surface area contributed by atoms with Crippen molar-refractivity contribution < 1.29 is 22.7 Å². The Morgan fingerprint density at radius 3 is 2.32 bits per heavy atom. The molecule has 3 nitrogen and oxygen atoms in total. The molecular weight excluding hydrogens is 295 g/mol. The van der Waals surface area contributed by atoms with Gasteiger partial charge in [0.2, 0.25) is 5.91 Å². The van der Waals surface area contributed by atoms with Gasteiger partial charge in [-0.2, -0.15) is 13.2 Å². The van der Waals surface area contributed by atoms with Crippen LogP contribution in [0.4, 0.5) is 13.2 Å². The molecular formula is C16H24F3NO2. The van der Waals surface area contributed by atoms with Crippen LogP contribution in [0.25, 0.3) is 0 Å². The molecule has 0 aromatic heterocycles. The molecule has 4 aliphatic rings. The van der Waals surface area contributed by atoms with E-state index in [-0.39, 0.29) is 23.8 Å². The van der Waals surface area contributed by atoms with E-state index in [0.717, 1.165) is 19.3 Å². The van der Waals surface area contributed by atoms with Crippen LogP contribution in [0, 0.1) is 29.6 Å². The second kappa shape index (κ2) is 6.02.